The third-order valence-electron chi connectivity index (χ3n) is 4.48. The lowest BCUT2D eigenvalue weighted by Gasteiger charge is -2.37. The van der Waals surface area contributed by atoms with Crippen LogP contribution >= 0.6 is 0 Å². The molecule has 0 aromatic heterocycles. The smallest absolute Gasteiger partial charge is 0.168 e. The van der Waals surface area contributed by atoms with Crippen molar-refractivity contribution in [1.29, 1.82) is 0 Å². The fraction of sp³-hybridized carbons (Fsp3) is 0.588. The molecule has 3 nitrogen and oxygen atoms in total. The van der Waals surface area contributed by atoms with Gasteiger partial charge in [0.15, 0.2) is 5.78 Å². The molecule has 1 fully saturated rings. The highest BCUT2D eigenvalue weighted by molar-refractivity contribution is 5.89. The van der Waals surface area contributed by atoms with Crippen molar-refractivity contribution in [3.63, 3.8) is 0 Å². The van der Waals surface area contributed by atoms with Gasteiger partial charge in [0.25, 0.3) is 0 Å². The van der Waals surface area contributed by atoms with E-state index in [0.717, 1.165) is 37.0 Å². The Morgan fingerprint density at radius 2 is 2.00 bits per heavy atom. The summed E-state index contributed by atoms with van der Waals surface area (Å²) in [7, 11) is 3.31. The van der Waals surface area contributed by atoms with Crippen LogP contribution in [0.2, 0.25) is 0 Å². The fourth-order valence-electron chi connectivity index (χ4n) is 2.95. The van der Waals surface area contributed by atoms with Gasteiger partial charge < -0.3 is 9.47 Å². The van der Waals surface area contributed by atoms with Gasteiger partial charge in [0.05, 0.1) is 7.11 Å². The van der Waals surface area contributed by atoms with Crippen LogP contribution in [0.5, 0.6) is 5.75 Å². The van der Waals surface area contributed by atoms with Gasteiger partial charge in [-0.2, -0.15) is 0 Å². The van der Waals surface area contributed by atoms with Gasteiger partial charge >= 0.3 is 0 Å². The van der Waals surface area contributed by atoms with E-state index in [1.165, 1.54) is 0 Å². The van der Waals surface area contributed by atoms with Gasteiger partial charge in [0.1, 0.15) is 11.4 Å². The Morgan fingerprint density at radius 1 is 1.30 bits per heavy atom. The Balaban J connectivity index is 2.09. The summed E-state index contributed by atoms with van der Waals surface area (Å²) in [5.41, 5.74) is 0.416. The van der Waals surface area contributed by atoms with Crippen LogP contribution in [0.1, 0.15) is 38.2 Å². The maximum Gasteiger partial charge on any atom is 0.168 e. The predicted octanol–water partition coefficient (Wildman–Crippen LogP) is 3.40. The minimum Gasteiger partial charge on any atom is -0.497 e. The summed E-state index contributed by atoms with van der Waals surface area (Å²) < 4.78 is 10.8. The maximum atomic E-state index is 12.7. The molecule has 1 aliphatic rings. The van der Waals surface area contributed by atoms with E-state index in [1.807, 2.05) is 24.3 Å². The highest BCUT2D eigenvalue weighted by Crippen LogP contribution is 2.35. The van der Waals surface area contributed by atoms with E-state index < -0.39 is 5.60 Å². The average molecular weight is 276 g/mol. The van der Waals surface area contributed by atoms with Crippen molar-refractivity contribution in [1.82, 2.24) is 0 Å². The molecule has 2 rings (SSSR count). The van der Waals surface area contributed by atoms with Gasteiger partial charge in [-0.15, -0.1) is 0 Å². The van der Waals surface area contributed by atoms with E-state index in [-0.39, 0.29) is 5.78 Å². The normalized spacial score (nSPS) is 26.2. The second-order valence-corrected chi connectivity index (χ2v) is 5.83. The molecule has 1 saturated carbocycles. The first-order valence-corrected chi connectivity index (χ1v) is 7.31. The molecular formula is C17H24O3. The lowest BCUT2D eigenvalue weighted by molar-refractivity contribution is -0.145. The summed E-state index contributed by atoms with van der Waals surface area (Å²) in [4.78, 5) is 12.7. The van der Waals surface area contributed by atoms with Crippen LogP contribution in [-0.4, -0.2) is 25.6 Å². The molecule has 1 aromatic rings. The molecule has 0 aliphatic heterocycles. The van der Waals surface area contributed by atoms with Gasteiger partial charge in [-0.05, 0) is 49.3 Å². The lowest BCUT2D eigenvalue weighted by Crippen LogP contribution is -2.44. The molecule has 0 spiro atoms. The quantitative estimate of drug-likeness (QED) is 0.827. The van der Waals surface area contributed by atoms with Crippen LogP contribution in [0.4, 0.5) is 0 Å². The Hall–Kier alpha value is -1.35. The third kappa shape index (κ3) is 3.21. The zero-order valence-electron chi connectivity index (χ0n) is 12.6. The van der Waals surface area contributed by atoms with E-state index in [0.29, 0.717) is 12.3 Å². The maximum absolute atomic E-state index is 12.7. The molecule has 110 valence electrons. The van der Waals surface area contributed by atoms with Crippen molar-refractivity contribution in [3.05, 3.63) is 29.8 Å². The number of benzene rings is 1. The predicted molar refractivity (Wildman–Crippen MR) is 79.1 cm³/mol. The van der Waals surface area contributed by atoms with Crippen molar-refractivity contribution in [2.75, 3.05) is 14.2 Å². The number of methoxy groups -OCH3 is 2. The average Bonchev–Trinajstić information content (AvgIpc) is 2.48. The van der Waals surface area contributed by atoms with Crippen molar-refractivity contribution < 1.29 is 14.3 Å². The number of hydrogen-bond donors (Lipinski definition) is 0. The van der Waals surface area contributed by atoms with Crippen molar-refractivity contribution in [2.24, 2.45) is 5.92 Å². The van der Waals surface area contributed by atoms with Crippen LogP contribution in [0.3, 0.4) is 0 Å². The summed E-state index contributed by atoms with van der Waals surface area (Å²) in [6.07, 6.45) is 4.23. The Labute approximate surface area is 121 Å². The van der Waals surface area contributed by atoms with E-state index in [9.17, 15) is 4.79 Å². The molecule has 1 aliphatic carbocycles. The molecule has 0 N–H and O–H groups in total. The summed E-state index contributed by atoms with van der Waals surface area (Å²) in [5, 5.41) is 0. The zero-order chi connectivity index (χ0) is 14.6. The first kappa shape index (κ1) is 15.0. The molecule has 0 bridgehead atoms. The molecule has 3 heteroatoms. The second kappa shape index (κ2) is 6.40. The van der Waals surface area contributed by atoms with Crippen molar-refractivity contribution in [3.8, 4) is 5.75 Å². The third-order valence-corrected chi connectivity index (χ3v) is 4.48. The van der Waals surface area contributed by atoms with Crippen LogP contribution in [0.15, 0.2) is 24.3 Å². The summed E-state index contributed by atoms with van der Waals surface area (Å²) in [6, 6.07) is 7.70. The van der Waals surface area contributed by atoms with Gasteiger partial charge in [0.2, 0.25) is 0 Å². The molecule has 1 aromatic carbocycles. The minimum atomic E-state index is -0.574. The summed E-state index contributed by atoms with van der Waals surface area (Å²) >= 11 is 0. The number of ether oxygens (including phenoxy) is 2. The van der Waals surface area contributed by atoms with Crippen molar-refractivity contribution >= 4 is 5.78 Å². The number of ketones is 1. The molecule has 0 heterocycles. The molecule has 0 amide bonds. The minimum absolute atomic E-state index is 0.195. The van der Waals surface area contributed by atoms with Crippen LogP contribution in [-0.2, 0) is 16.0 Å². The zero-order valence-corrected chi connectivity index (χ0v) is 12.6. The molecule has 0 saturated heterocycles. The topological polar surface area (TPSA) is 35.5 Å². The number of carbonyl (C=O) groups is 1. The van der Waals surface area contributed by atoms with E-state index in [4.69, 9.17) is 9.47 Å². The standard InChI is InChI=1S/C17H24O3/c1-13-7-9-17(20-3,10-8-13)16(18)12-14-5-4-6-15(11-14)19-2/h4-6,11,13H,7-10,12H2,1-3H3. The van der Waals surface area contributed by atoms with E-state index in [1.54, 1.807) is 14.2 Å². The van der Waals surface area contributed by atoms with E-state index in [2.05, 4.69) is 6.92 Å². The Morgan fingerprint density at radius 3 is 2.60 bits per heavy atom. The van der Waals surface area contributed by atoms with Gasteiger partial charge in [-0.3, -0.25) is 4.79 Å². The Kier molecular flexibility index (Phi) is 4.81. The highest BCUT2D eigenvalue weighted by atomic mass is 16.5. The van der Waals surface area contributed by atoms with Crippen molar-refractivity contribution in [2.45, 2.75) is 44.6 Å². The fourth-order valence-corrected chi connectivity index (χ4v) is 2.95. The lowest BCUT2D eigenvalue weighted by atomic mass is 9.76. The molecule has 0 atom stereocenters. The van der Waals surface area contributed by atoms with Gasteiger partial charge in [0, 0.05) is 13.5 Å². The molecule has 0 radical (unpaired) electrons. The van der Waals surface area contributed by atoms with Gasteiger partial charge in [-0.25, -0.2) is 0 Å². The summed E-state index contributed by atoms with van der Waals surface area (Å²) in [5.74, 6) is 1.68. The number of rotatable bonds is 5. The SMILES string of the molecule is COc1cccc(CC(=O)C2(OC)CCC(C)CC2)c1. The molecular weight excluding hydrogens is 252 g/mol. The van der Waals surface area contributed by atoms with E-state index >= 15 is 0 Å². The number of carbonyl (C=O) groups excluding carboxylic acids is 1. The first-order chi connectivity index (χ1) is 9.59. The number of Topliss-reactive ketones (excluding diaryl/α,β-unsaturated/α-hetero) is 1. The largest absolute Gasteiger partial charge is 0.497 e. The molecule has 0 unspecified atom stereocenters. The molecule has 20 heavy (non-hydrogen) atoms. The Bertz CT molecular complexity index is 459. The second-order valence-electron chi connectivity index (χ2n) is 5.83. The number of hydrogen-bond acceptors (Lipinski definition) is 3. The monoisotopic (exact) mass is 276 g/mol. The van der Waals surface area contributed by atoms with Crippen LogP contribution < -0.4 is 4.74 Å². The first-order valence-electron chi connectivity index (χ1n) is 7.31. The van der Waals surface area contributed by atoms with Gasteiger partial charge in [-0.1, -0.05) is 19.1 Å². The van der Waals surface area contributed by atoms with Crippen LogP contribution in [0, 0.1) is 5.92 Å². The highest BCUT2D eigenvalue weighted by Gasteiger charge is 2.40. The summed E-state index contributed by atoms with van der Waals surface area (Å²) in [6.45, 7) is 2.24. The van der Waals surface area contributed by atoms with Crippen LogP contribution in [0.25, 0.3) is 0 Å².